The Bertz CT molecular complexity index is 700. The number of amides is 1. The van der Waals surface area contributed by atoms with Gasteiger partial charge in [-0.15, -0.1) is 0 Å². The van der Waals surface area contributed by atoms with Crippen LogP contribution in [0.5, 0.6) is 0 Å². The fraction of sp³-hybridized carbons (Fsp3) is 0.333. The number of hydrogen-bond donors (Lipinski definition) is 1. The average molecular weight is 302 g/mol. The molecular formula is C15H18N4O3. The molecule has 0 atom stereocenters. The number of pyridine rings is 1. The second-order valence-corrected chi connectivity index (χ2v) is 5.23. The minimum absolute atomic E-state index is 0.0536. The number of aromatic nitrogens is 1. The zero-order chi connectivity index (χ0) is 16.1. The second kappa shape index (κ2) is 6.95. The van der Waals surface area contributed by atoms with Crippen LogP contribution < -0.4 is 5.32 Å². The van der Waals surface area contributed by atoms with Gasteiger partial charge in [-0.3, -0.25) is 19.9 Å². The van der Waals surface area contributed by atoms with Crippen LogP contribution >= 0.6 is 0 Å². The molecule has 2 rings (SSSR count). The van der Waals surface area contributed by atoms with Gasteiger partial charge in [-0.1, -0.05) is 0 Å². The topological polar surface area (TPSA) is 88.4 Å². The van der Waals surface area contributed by atoms with E-state index in [1.807, 2.05) is 19.0 Å². The highest BCUT2D eigenvalue weighted by molar-refractivity contribution is 6.05. The zero-order valence-corrected chi connectivity index (χ0v) is 12.6. The standard InChI is InChI=1S/C15H18N4O3/c1-18(2)9-3-7-17-15(20)14-13-10-12(19(21)22)5-4-11(13)6-8-16-14/h4-6,8,10H,3,7,9H2,1-2H3,(H,17,20). The minimum atomic E-state index is -0.481. The maximum atomic E-state index is 12.2. The molecule has 1 N–H and O–H groups in total. The fourth-order valence-electron chi connectivity index (χ4n) is 2.13. The summed E-state index contributed by atoms with van der Waals surface area (Å²) in [6, 6.07) is 6.15. The second-order valence-electron chi connectivity index (χ2n) is 5.23. The van der Waals surface area contributed by atoms with Crippen LogP contribution in [0.25, 0.3) is 10.8 Å². The molecule has 7 heteroatoms. The molecule has 1 amide bonds. The van der Waals surface area contributed by atoms with Crippen molar-refractivity contribution < 1.29 is 9.72 Å². The number of non-ortho nitro benzene ring substituents is 1. The number of nitrogens with one attached hydrogen (secondary N) is 1. The Morgan fingerprint density at radius 3 is 2.82 bits per heavy atom. The van der Waals surface area contributed by atoms with Crippen molar-refractivity contribution >= 4 is 22.4 Å². The molecule has 0 aliphatic carbocycles. The van der Waals surface area contributed by atoms with Gasteiger partial charge in [0.1, 0.15) is 5.69 Å². The lowest BCUT2D eigenvalue weighted by atomic mass is 10.1. The zero-order valence-electron chi connectivity index (χ0n) is 12.6. The van der Waals surface area contributed by atoms with Gasteiger partial charge in [-0.05, 0) is 44.6 Å². The van der Waals surface area contributed by atoms with Gasteiger partial charge in [-0.25, -0.2) is 0 Å². The number of carbonyl (C=O) groups is 1. The van der Waals surface area contributed by atoms with Crippen molar-refractivity contribution in [1.82, 2.24) is 15.2 Å². The van der Waals surface area contributed by atoms with Gasteiger partial charge in [0.15, 0.2) is 0 Å². The Hall–Kier alpha value is -2.54. The van der Waals surface area contributed by atoms with Crippen LogP contribution in [0.2, 0.25) is 0 Å². The summed E-state index contributed by atoms with van der Waals surface area (Å²) in [5.74, 6) is -0.315. The Morgan fingerprint density at radius 2 is 2.14 bits per heavy atom. The summed E-state index contributed by atoms with van der Waals surface area (Å²) >= 11 is 0. The highest BCUT2D eigenvalue weighted by Crippen LogP contribution is 2.22. The van der Waals surface area contributed by atoms with E-state index in [0.29, 0.717) is 11.9 Å². The van der Waals surface area contributed by atoms with Crippen molar-refractivity contribution in [1.29, 1.82) is 0 Å². The largest absolute Gasteiger partial charge is 0.351 e. The van der Waals surface area contributed by atoms with Crippen molar-refractivity contribution in [3.05, 3.63) is 46.3 Å². The number of benzene rings is 1. The monoisotopic (exact) mass is 302 g/mol. The molecule has 1 aromatic heterocycles. The van der Waals surface area contributed by atoms with Crippen LogP contribution in [0.15, 0.2) is 30.5 Å². The van der Waals surface area contributed by atoms with E-state index in [0.717, 1.165) is 18.4 Å². The predicted octanol–water partition coefficient (Wildman–Crippen LogP) is 1.82. The third-order valence-corrected chi connectivity index (χ3v) is 3.24. The summed E-state index contributed by atoms with van der Waals surface area (Å²) < 4.78 is 0. The number of carbonyl (C=O) groups excluding carboxylic acids is 1. The van der Waals surface area contributed by atoms with E-state index in [9.17, 15) is 14.9 Å². The van der Waals surface area contributed by atoms with Crippen LogP contribution in [-0.2, 0) is 0 Å². The SMILES string of the molecule is CN(C)CCCNC(=O)c1nccc2ccc([N+](=O)[O-])cc12. The maximum Gasteiger partial charge on any atom is 0.270 e. The van der Waals surface area contributed by atoms with Gasteiger partial charge in [0.25, 0.3) is 11.6 Å². The van der Waals surface area contributed by atoms with Crippen molar-refractivity contribution in [2.24, 2.45) is 0 Å². The van der Waals surface area contributed by atoms with E-state index in [1.165, 1.54) is 18.3 Å². The van der Waals surface area contributed by atoms with E-state index in [-0.39, 0.29) is 17.3 Å². The molecule has 1 aromatic carbocycles. The van der Waals surface area contributed by atoms with Crippen LogP contribution in [-0.4, -0.2) is 47.9 Å². The number of nitro benzene ring substituents is 1. The van der Waals surface area contributed by atoms with Gasteiger partial charge < -0.3 is 10.2 Å². The molecule has 0 bridgehead atoms. The van der Waals surface area contributed by atoms with E-state index in [2.05, 4.69) is 10.3 Å². The Morgan fingerprint density at radius 1 is 1.36 bits per heavy atom. The first-order valence-electron chi connectivity index (χ1n) is 6.95. The number of fused-ring (bicyclic) bond motifs is 1. The van der Waals surface area contributed by atoms with Crippen molar-refractivity contribution in [2.45, 2.75) is 6.42 Å². The first-order valence-corrected chi connectivity index (χ1v) is 6.95. The summed E-state index contributed by atoms with van der Waals surface area (Å²) in [5, 5.41) is 14.9. The Labute approximate surface area is 128 Å². The van der Waals surface area contributed by atoms with Crippen molar-refractivity contribution in [3.8, 4) is 0 Å². The van der Waals surface area contributed by atoms with Gasteiger partial charge in [-0.2, -0.15) is 0 Å². The molecule has 0 radical (unpaired) electrons. The normalized spacial score (nSPS) is 10.9. The molecule has 22 heavy (non-hydrogen) atoms. The average Bonchev–Trinajstić information content (AvgIpc) is 2.49. The van der Waals surface area contributed by atoms with Crippen molar-refractivity contribution in [2.75, 3.05) is 27.2 Å². The van der Waals surface area contributed by atoms with E-state index >= 15 is 0 Å². The fourth-order valence-corrected chi connectivity index (χ4v) is 2.13. The predicted molar refractivity (Wildman–Crippen MR) is 83.9 cm³/mol. The summed E-state index contributed by atoms with van der Waals surface area (Å²) in [5.41, 5.74) is 0.160. The molecule has 1 heterocycles. The van der Waals surface area contributed by atoms with Gasteiger partial charge in [0.05, 0.1) is 4.92 Å². The smallest absolute Gasteiger partial charge is 0.270 e. The summed E-state index contributed by atoms with van der Waals surface area (Å²) in [7, 11) is 3.93. The van der Waals surface area contributed by atoms with Crippen LogP contribution in [0.4, 0.5) is 5.69 Å². The molecule has 7 nitrogen and oxygen atoms in total. The lowest BCUT2D eigenvalue weighted by Gasteiger charge is -2.10. The molecular weight excluding hydrogens is 284 g/mol. The van der Waals surface area contributed by atoms with Gasteiger partial charge >= 0.3 is 0 Å². The highest BCUT2D eigenvalue weighted by Gasteiger charge is 2.14. The molecule has 2 aromatic rings. The Balaban J connectivity index is 2.20. The number of nitrogens with zero attached hydrogens (tertiary/aromatic N) is 3. The lowest BCUT2D eigenvalue weighted by molar-refractivity contribution is -0.384. The Kier molecular flexibility index (Phi) is 5.00. The number of rotatable bonds is 6. The first-order chi connectivity index (χ1) is 10.5. The third-order valence-electron chi connectivity index (χ3n) is 3.24. The highest BCUT2D eigenvalue weighted by atomic mass is 16.6. The summed E-state index contributed by atoms with van der Waals surface area (Å²) in [6.45, 7) is 1.40. The van der Waals surface area contributed by atoms with Crippen LogP contribution in [0, 0.1) is 10.1 Å². The summed E-state index contributed by atoms with van der Waals surface area (Å²) in [4.78, 5) is 28.7. The number of nitro groups is 1. The molecule has 0 fully saturated rings. The van der Waals surface area contributed by atoms with Crippen LogP contribution in [0.1, 0.15) is 16.9 Å². The molecule has 0 saturated heterocycles. The summed E-state index contributed by atoms with van der Waals surface area (Å²) in [6.07, 6.45) is 2.35. The van der Waals surface area contributed by atoms with Crippen LogP contribution in [0.3, 0.4) is 0 Å². The number of hydrogen-bond acceptors (Lipinski definition) is 5. The van der Waals surface area contributed by atoms with E-state index < -0.39 is 4.92 Å². The van der Waals surface area contributed by atoms with Gasteiger partial charge in [0.2, 0.25) is 0 Å². The van der Waals surface area contributed by atoms with E-state index in [4.69, 9.17) is 0 Å². The maximum absolute atomic E-state index is 12.2. The molecule has 0 saturated carbocycles. The molecule has 116 valence electrons. The third kappa shape index (κ3) is 3.76. The quantitative estimate of drug-likeness (QED) is 0.499. The molecule has 0 spiro atoms. The lowest BCUT2D eigenvalue weighted by Crippen LogP contribution is -2.27. The van der Waals surface area contributed by atoms with Crippen molar-refractivity contribution in [3.63, 3.8) is 0 Å². The first kappa shape index (κ1) is 15.8. The van der Waals surface area contributed by atoms with Gasteiger partial charge in [0, 0.05) is 30.3 Å². The van der Waals surface area contributed by atoms with E-state index in [1.54, 1.807) is 12.1 Å². The minimum Gasteiger partial charge on any atom is -0.351 e. The molecule has 0 unspecified atom stereocenters. The molecule has 0 aliphatic rings. The molecule has 0 aliphatic heterocycles.